The van der Waals surface area contributed by atoms with E-state index in [1.54, 1.807) is 6.07 Å². The Labute approximate surface area is 120 Å². The zero-order valence-corrected chi connectivity index (χ0v) is 12.6. The Bertz CT molecular complexity index is 436. The molecule has 2 atom stereocenters. The van der Waals surface area contributed by atoms with Gasteiger partial charge < -0.3 is 10.2 Å². The topological polar surface area (TPSA) is 58.1 Å². The van der Waals surface area contributed by atoms with Gasteiger partial charge in [0.15, 0.2) is 5.69 Å². The molecule has 0 spiro atoms. The number of amides is 1. The van der Waals surface area contributed by atoms with E-state index in [2.05, 4.69) is 36.3 Å². The van der Waals surface area contributed by atoms with Crippen molar-refractivity contribution < 1.29 is 4.79 Å². The van der Waals surface area contributed by atoms with Crippen molar-refractivity contribution in [2.75, 3.05) is 11.9 Å². The summed E-state index contributed by atoms with van der Waals surface area (Å²) < 4.78 is 0. The molecule has 2 heterocycles. The zero-order valence-electron chi connectivity index (χ0n) is 12.6. The summed E-state index contributed by atoms with van der Waals surface area (Å²) in [6.45, 7) is 7.18. The van der Waals surface area contributed by atoms with Gasteiger partial charge in [0, 0.05) is 18.6 Å². The van der Waals surface area contributed by atoms with E-state index in [9.17, 15) is 4.79 Å². The largest absolute Gasteiger partial charge is 0.369 e. The number of nitrogens with zero attached hydrogens (tertiary/aromatic N) is 3. The fourth-order valence-corrected chi connectivity index (χ4v) is 2.75. The van der Waals surface area contributed by atoms with Crippen molar-refractivity contribution in [2.45, 2.75) is 58.5 Å². The first-order valence-electron chi connectivity index (χ1n) is 7.53. The van der Waals surface area contributed by atoms with Gasteiger partial charge in [0.2, 0.25) is 0 Å². The summed E-state index contributed by atoms with van der Waals surface area (Å²) in [7, 11) is 0. The number of carbonyl (C=O) groups excluding carboxylic acids is 1. The van der Waals surface area contributed by atoms with Crippen molar-refractivity contribution in [3.63, 3.8) is 0 Å². The summed E-state index contributed by atoms with van der Waals surface area (Å²) in [6, 6.07) is 4.16. The third kappa shape index (κ3) is 3.26. The van der Waals surface area contributed by atoms with Crippen LogP contribution in [-0.2, 0) is 0 Å². The Morgan fingerprint density at radius 3 is 2.55 bits per heavy atom. The summed E-state index contributed by atoms with van der Waals surface area (Å²) >= 11 is 0. The molecule has 110 valence electrons. The molecule has 0 aromatic carbocycles. The minimum Gasteiger partial charge on any atom is -0.369 e. The van der Waals surface area contributed by atoms with Gasteiger partial charge in [0.1, 0.15) is 5.82 Å². The van der Waals surface area contributed by atoms with E-state index in [1.165, 1.54) is 6.42 Å². The van der Waals surface area contributed by atoms with Gasteiger partial charge in [0.05, 0.1) is 0 Å². The second-order valence-electron chi connectivity index (χ2n) is 5.57. The van der Waals surface area contributed by atoms with Crippen LogP contribution in [-0.4, -0.2) is 39.6 Å². The van der Waals surface area contributed by atoms with E-state index in [-0.39, 0.29) is 18.0 Å². The standard InChI is InChI=1S/C15H24N4O/c1-4-10-16-14-9-8-13(17-18-14)15(20)19-11(2)6-5-7-12(19)3/h8-9,11-12H,4-7,10H2,1-3H3,(H,16,18). The normalized spacial score (nSPS) is 22.6. The second kappa shape index (κ2) is 6.68. The van der Waals surface area contributed by atoms with Gasteiger partial charge >= 0.3 is 0 Å². The Morgan fingerprint density at radius 1 is 1.30 bits per heavy atom. The van der Waals surface area contributed by atoms with E-state index in [0.29, 0.717) is 5.69 Å². The van der Waals surface area contributed by atoms with Gasteiger partial charge in [-0.25, -0.2) is 0 Å². The molecule has 1 fully saturated rings. The van der Waals surface area contributed by atoms with Crippen LogP contribution in [0, 0.1) is 0 Å². The molecule has 0 bridgehead atoms. The smallest absolute Gasteiger partial charge is 0.274 e. The maximum atomic E-state index is 12.5. The first-order valence-corrected chi connectivity index (χ1v) is 7.53. The van der Waals surface area contributed by atoms with Gasteiger partial charge in [-0.05, 0) is 51.7 Å². The van der Waals surface area contributed by atoms with Crippen molar-refractivity contribution in [3.05, 3.63) is 17.8 Å². The van der Waals surface area contributed by atoms with Crippen LogP contribution in [0.4, 0.5) is 5.82 Å². The van der Waals surface area contributed by atoms with Gasteiger partial charge in [0.25, 0.3) is 5.91 Å². The molecule has 1 aromatic heterocycles. The minimum absolute atomic E-state index is 0.000702. The number of likely N-dealkylation sites (tertiary alicyclic amines) is 1. The van der Waals surface area contributed by atoms with Crippen LogP contribution in [0.1, 0.15) is 56.9 Å². The first kappa shape index (κ1) is 14.8. The summed E-state index contributed by atoms with van der Waals surface area (Å²) in [5.74, 6) is 0.724. The molecule has 5 nitrogen and oxygen atoms in total. The lowest BCUT2D eigenvalue weighted by molar-refractivity contribution is 0.0503. The van der Waals surface area contributed by atoms with Crippen LogP contribution in [0.3, 0.4) is 0 Å². The van der Waals surface area contributed by atoms with Crippen LogP contribution in [0.5, 0.6) is 0 Å². The second-order valence-corrected chi connectivity index (χ2v) is 5.57. The molecule has 0 saturated carbocycles. The summed E-state index contributed by atoms with van der Waals surface area (Å²) in [5, 5.41) is 11.3. The maximum absolute atomic E-state index is 12.5. The molecule has 1 saturated heterocycles. The third-order valence-corrected chi connectivity index (χ3v) is 3.87. The molecule has 1 amide bonds. The molecule has 20 heavy (non-hydrogen) atoms. The lowest BCUT2D eigenvalue weighted by Crippen LogP contribution is -2.47. The number of anilines is 1. The number of rotatable bonds is 4. The molecule has 0 aliphatic carbocycles. The highest BCUT2D eigenvalue weighted by atomic mass is 16.2. The number of hydrogen-bond acceptors (Lipinski definition) is 4. The van der Waals surface area contributed by atoms with E-state index < -0.39 is 0 Å². The maximum Gasteiger partial charge on any atom is 0.274 e. The quantitative estimate of drug-likeness (QED) is 0.918. The van der Waals surface area contributed by atoms with Crippen molar-refractivity contribution in [3.8, 4) is 0 Å². The molecule has 2 unspecified atom stereocenters. The molecule has 0 radical (unpaired) electrons. The molecule has 1 N–H and O–H groups in total. The molecule has 1 aliphatic heterocycles. The Kier molecular flexibility index (Phi) is 4.93. The Hall–Kier alpha value is -1.65. The SMILES string of the molecule is CCCNc1ccc(C(=O)N2C(C)CCCC2C)nn1. The molecule has 5 heteroatoms. The van der Waals surface area contributed by atoms with E-state index in [4.69, 9.17) is 0 Å². The number of carbonyl (C=O) groups is 1. The van der Waals surface area contributed by atoms with E-state index in [0.717, 1.165) is 31.6 Å². The fraction of sp³-hybridized carbons (Fsp3) is 0.667. The third-order valence-electron chi connectivity index (χ3n) is 3.87. The minimum atomic E-state index is -0.000702. The van der Waals surface area contributed by atoms with E-state index >= 15 is 0 Å². The number of piperidine rings is 1. The summed E-state index contributed by atoms with van der Waals surface area (Å²) in [5.41, 5.74) is 0.438. The molecule has 2 rings (SSSR count). The molecule has 1 aromatic rings. The Balaban J connectivity index is 2.08. The van der Waals surface area contributed by atoms with Crippen molar-refractivity contribution in [1.29, 1.82) is 0 Å². The number of aromatic nitrogens is 2. The number of hydrogen-bond donors (Lipinski definition) is 1. The van der Waals surface area contributed by atoms with Gasteiger partial charge in [-0.15, -0.1) is 10.2 Å². The first-order chi connectivity index (χ1) is 9.63. The average Bonchev–Trinajstić information content (AvgIpc) is 2.45. The van der Waals surface area contributed by atoms with Crippen LogP contribution in [0.15, 0.2) is 12.1 Å². The zero-order chi connectivity index (χ0) is 14.5. The monoisotopic (exact) mass is 276 g/mol. The Morgan fingerprint density at radius 2 is 2.00 bits per heavy atom. The predicted octanol–water partition coefficient (Wildman–Crippen LogP) is 2.70. The van der Waals surface area contributed by atoms with Crippen LogP contribution < -0.4 is 5.32 Å². The average molecular weight is 276 g/mol. The highest BCUT2D eigenvalue weighted by Gasteiger charge is 2.30. The molecule has 1 aliphatic rings. The predicted molar refractivity (Wildman–Crippen MR) is 79.8 cm³/mol. The highest BCUT2D eigenvalue weighted by molar-refractivity contribution is 5.92. The molecular weight excluding hydrogens is 252 g/mol. The van der Waals surface area contributed by atoms with E-state index in [1.807, 2.05) is 11.0 Å². The lowest BCUT2D eigenvalue weighted by atomic mass is 9.97. The summed E-state index contributed by atoms with van der Waals surface area (Å²) in [4.78, 5) is 14.5. The van der Waals surface area contributed by atoms with Crippen molar-refractivity contribution in [1.82, 2.24) is 15.1 Å². The van der Waals surface area contributed by atoms with Crippen molar-refractivity contribution >= 4 is 11.7 Å². The van der Waals surface area contributed by atoms with Crippen molar-refractivity contribution in [2.24, 2.45) is 0 Å². The van der Waals surface area contributed by atoms with Crippen LogP contribution in [0.25, 0.3) is 0 Å². The highest BCUT2D eigenvalue weighted by Crippen LogP contribution is 2.24. The van der Waals surface area contributed by atoms with Gasteiger partial charge in [-0.2, -0.15) is 0 Å². The lowest BCUT2D eigenvalue weighted by Gasteiger charge is -2.38. The van der Waals surface area contributed by atoms with Crippen LogP contribution >= 0.6 is 0 Å². The summed E-state index contributed by atoms with van der Waals surface area (Å²) in [6.07, 6.45) is 4.36. The molecular formula is C15H24N4O. The van der Waals surface area contributed by atoms with Gasteiger partial charge in [-0.3, -0.25) is 4.79 Å². The fourth-order valence-electron chi connectivity index (χ4n) is 2.75. The van der Waals surface area contributed by atoms with Crippen LogP contribution in [0.2, 0.25) is 0 Å². The number of nitrogens with one attached hydrogen (secondary N) is 1. The van der Waals surface area contributed by atoms with Gasteiger partial charge in [-0.1, -0.05) is 6.92 Å².